The summed E-state index contributed by atoms with van der Waals surface area (Å²) in [4.78, 5) is 13.2. The van der Waals surface area contributed by atoms with E-state index in [9.17, 15) is 4.79 Å². The van der Waals surface area contributed by atoms with E-state index in [0.29, 0.717) is 11.3 Å². The van der Waals surface area contributed by atoms with Crippen LogP contribution in [0.1, 0.15) is 10.4 Å². The summed E-state index contributed by atoms with van der Waals surface area (Å²) in [5.41, 5.74) is 7.65. The summed E-state index contributed by atoms with van der Waals surface area (Å²) in [6, 6.07) is 14.6. The summed E-state index contributed by atoms with van der Waals surface area (Å²) in [5, 5.41) is 2.92. The number of amides is 1. The second kappa shape index (κ2) is 6.82. The van der Waals surface area contributed by atoms with Gasteiger partial charge in [0, 0.05) is 21.9 Å². The van der Waals surface area contributed by atoms with Gasteiger partial charge in [0.25, 0.3) is 5.91 Å². The number of nitrogens with one attached hydrogen (secondary N) is 1. The molecule has 20 heavy (non-hydrogen) atoms. The lowest BCUT2D eigenvalue weighted by Crippen LogP contribution is -2.12. The summed E-state index contributed by atoms with van der Waals surface area (Å²) < 4.78 is 0. The third kappa shape index (κ3) is 3.65. The second-order valence-corrected chi connectivity index (χ2v) is 5.23. The maximum Gasteiger partial charge on any atom is 0.255 e. The zero-order chi connectivity index (χ0) is 14.4. The van der Waals surface area contributed by atoms with Crippen LogP contribution in [-0.4, -0.2) is 11.7 Å². The molecule has 0 aliphatic rings. The van der Waals surface area contributed by atoms with Crippen molar-refractivity contribution in [2.75, 3.05) is 16.8 Å². The van der Waals surface area contributed by atoms with Crippen molar-refractivity contribution in [3.63, 3.8) is 0 Å². The molecule has 2 rings (SSSR count). The Bertz CT molecular complexity index is 608. The molecule has 0 aliphatic carbocycles. The molecule has 0 heterocycles. The molecular weight excluding hydrogens is 268 g/mol. The highest BCUT2D eigenvalue weighted by Gasteiger charge is 2.08. The number of thioether (sulfide) groups is 1. The van der Waals surface area contributed by atoms with Crippen LogP contribution in [0.4, 0.5) is 11.4 Å². The lowest BCUT2D eigenvalue weighted by atomic mass is 10.2. The third-order valence-corrected chi connectivity index (χ3v) is 3.73. The normalized spacial score (nSPS) is 10.0. The first kappa shape index (κ1) is 14.2. The number of anilines is 2. The van der Waals surface area contributed by atoms with Gasteiger partial charge in [0.2, 0.25) is 0 Å². The zero-order valence-corrected chi connectivity index (χ0v) is 11.8. The van der Waals surface area contributed by atoms with Crippen LogP contribution < -0.4 is 11.1 Å². The van der Waals surface area contributed by atoms with E-state index in [2.05, 4.69) is 11.9 Å². The van der Waals surface area contributed by atoms with E-state index in [0.717, 1.165) is 16.3 Å². The first-order chi connectivity index (χ1) is 9.70. The van der Waals surface area contributed by atoms with E-state index < -0.39 is 0 Å². The minimum atomic E-state index is -0.142. The van der Waals surface area contributed by atoms with Crippen molar-refractivity contribution < 1.29 is 4.79 Å². The van der Waals surface area contributed by atoms with Gasteiger partial charge in [-0.1, -0.05) is 18.2 Å². The number of rotatable bonds is 5. The largest absolute Gasteiger partial charge is 0.399 e. The van der Waals surface area contributed by atoms with Crippen molar-refractivity contribution in [3.05, 3.63) is 66.7 Å². The highest BCUT2D eigenvalue weighted by Crippen LogP contribution is 2.27. The third-order valence-electron chi connectivity index (χ3n) is 2.66. The topological polar surface area (TPSA) is 55.1 Å². The Hall–Kier alpha value is -2.20. The van der Waals surface area contributed by atoms with Crippen LogP contribution >= 0.6 is 11.8 Å². The van der Waals surface area contributed by atoms with Crippen molar-refractivity contribution in [1.29, 1.82) is 0 Å². The van der Waals surface area contributed by atoms with Gasteiger partial charge in [-0.15, -0.1) is 18.3 Å². The Labute approximate surface area is 122 Å². The lowest BCUT2D eigenvalue weighted by molar-refractivity contribution is 0.102. The summed E-state index contributed by atoms with van der Waals surface area (Å²) in [6.45, 7) is 3.70. The van der Waals surface area contributed by atoms with E-state index in [1.54, 1.807) is 36.0 Å². The number of hydrogen-bond acceptors (Lipinski definition) is 3. The monoisotopic (exact) mass is 284 g/mol. The lowest BCUT2D eigenvalue weighted by Gasteiger charge is -2.10. The quantitative estimate of drug-likeness (QED) is 0.499. The van der Waals surface area contributed by atoms with Gasteiger partial charge >= 0.3 is 0 Å². The van der Waals surface area contributed by atoms with Gasteiger partial charge < -0.3 is 11.1 Å². The minimum Gasteiger partial charge on any atom is -0.399 e. The van der Waals surface area contributed by atoms with Crippen LogP contribution in [0.2, 0.25) is 0 Å². The summed E-state index contributed by atoms with van der Waals surface area (Å²) in [5.74, 6) is 0.658. The van der Waals surface area contributed by atoms with Gasteiger partial charge in [-0.2, -0.15) is 0 Å². The Kier molecular flexibility index (Phi) is 4.85. The first-order valence-corrected chi connectivity index (χ1v) is 7.19. The van der Waals surface area contributed by atoms with Gasteiger partial charge in [0.05, 0.1) is 5.69 Å². The predicted molar refractivity (Wildman–Crippen MR) is 86.2 cm³/mol. The van der Waals surface area contributed by atoms with Crippen molar-refractivity contribution in [1.82, 2.24) is 0 Å². The molecule has 3 N–H and O–H groups in total. The summed E-state index contributed by atoms with van der Waals surface area (Å²) in [7, 11) is 0. The Morgan fingerprint density at radius 3 is 2.60 bits per heavy atom. The van der Waals surface area contributed by atoms with Crippen molar-refractivity contribution in [3.8, 4) is 0 Å². The number of nitrogen functional groups attached to an aromatic ring is 1. The number of carbonyl (C=O) groups excluding carboxylic acids is 1. The van der Waals surface area contributed by atoms with E-state index in [1.165, 1.54) is 0 Å². The standard InChI is InChI=1S/C16H16N2OS/c1-2-11-20-15-6-4-3-5-14(15)18-16(19)12-7-9-13(17)10-8-12/h2-10H,1,11,17H2,(H,18,19). The molecule has 4 heteroatoms. The number of hydrogen-bond donors (Lipinski definition) is 2. The Balaban J connectivity index is 2.15. The predicted octanol–water partition coefficient (Wildman–Crippen LogP) is 3.80. The molecule has 0 spiro atoms. The van der Waals surface area contributed by atoms with E-state index in [-0.39, 0.29) is 5.91 Å². The fraction of sp³-hybridized carbons (Fsp3) is 0.0625. The van der Waals surface area contributed by atoms with E-state index in [1.807, 2.05) is 30.3 Å². The average molecular weight is 284 g/mol. The zero-order valence-electron chi connectivity index (χ0n) is 11.0. The van der Waals surface area contributed by atoms with Crippen LogP contribution in [0, 0.1) is 0 Å². The molecule has 0 aliphatic heterocycles. The first-order valence-electron chi connectivity index (χ1n) is 6.20. The molecule has 0 atom stereocenters. The molecule has 0 fully saturated rings. The molecular formula is C16H16N2OS. The fourth-order valence-corrected chi connectivity index (χ4v) is 2.42. The summed E-state index contributed by atoms with van der Waals surface area (Å²) in [6.07, 6.45) is 1.84. The molecule has 1 amide bonds. The molecule has 3 nitrogen and oxygen atoms in total. The highest BCUT2D eigenvalue weighted by molar-refractivity contribution is 7.99. The number of nitrogens with two attached hydrogens (primary N) is 1. The highest BCUT2D eigenvalue weighted by atomic mass is 32.2. The van der Waals surface area contributed by atoms with Crippen LogP contribution in [-0.2, 0) is 0 Å². The molecule has 2 aromatic rings. The van der Waals surface area contributed by atoms with Crippen molar-refractivity contribution in [2.24, 2.45) is 0 Å². The fourth-order valence-electron chi connectivity index (χ4n) is 1.67. The molecule has 0 saturated carbocycles. The maximum absolute atomic E-state index is 12.2. The van der Waals surface area contributed by atoms with Crippen LogP contribution in [0.5, 0.6) is 0 Å². The van der Waals surface area contributed by atoms with Gasteiger partial charge in [-0.25, -0.2) is 0 Å². The molecule has 0 unspecified atom stereocenters. The number of benzene rings is 2. The van der Waals surface area contributed by atoms with Crippen LogP contribution in [0.15, 0.2) is 66.1 Å². The SMILES string of the molecule is C=CCSc1ccccc1NC(=O)c1ccc(N)cc1. The maximum atomic E-state index is 12.2. The van der Waals surface area contributed by atoms with Crippen molar-refractivity contribution in [2.45, 2.75) is 4.90 Å². The molecule has 0 radical (unpaired) electrons. The smallest absolute Gasteiger partial charge is 0.255 e. The average Bonchev–Trinajstić information content (AvgIpc) is 2.47. The minimum absolute atomic E-state index is 0.142. The molecule has 2 aromatic carbocycles. The van der Waals surface area contributed by atoms with E-state index in [4.69, 9.17) is 5.73 Å². The Morgan fingerprint density at radius 2 is 1.90 bits per heavy atom. The van der Waals surface area contributed by atoms with Gasteiger partial charge in [0.15, 0.2) is 0 Å². The number of carbonyl (C=O) groups is 1. The van der Waals surface area contributed by atoms with Crippen molar-refractivity contribution >= 4 is 29.0 Å². The van der Waals surface area contributed by atoms with Gasteiger partial charge in [0.1, 0.15) is 0 Å². The molecule has 0 saturated heterocycles. The van der Waals surface area contributed by atoms with Gasteiger partial charge in [-0.3, -0.25) is 4.79 Å². The molecule has 102 valence electrons. The van der Waals surface area contributed by atoms with E-state index >= 15 is 0 Å². The Morgan fingerprint density at radius 1 is 1.20 bits per heavy atom. The number of para-hydroxylation sites is 1. The van der Waals surface area contributed by atoms with Crippen LogP contribution in [0.3, 0.4) is 0 Å². The summed E-state index contributed by atoms with van der Waals surface area (Å²) >= 11 is 1.63. The van der Waals surface area contributed by atoms with Gasteiger partial charge in [-0.05, 0) is 36.4 Å². The second-order valence-electron chi connectivity index (χ2n) is 4.17. The molecule has 0 aromatic heterocycles. The van der Waals surface area contributed by atoms with Crippen LogP contribution in [0.25, 0.3) is 0 Å². The molecule has 0 bridgehead atoms.